The minimum Gasteiger partial charge on any atom is -0.491 e. The Labute approximate surface area is 313 Å². The number of ether oxygens (including phenoxy) is 1. The van der Waals surface area contributed by atoms with Crippen LogP contribution in [0.3, 0.4) is 0 Å². The number of carbonyl (C=O) groups is 4. The van der Waals surface area contributed by atoms with E-state index in [0.29, 0.717) is 40.5 Å². The molecule has 3 fully saturated rings. The van der Waals surface area contributed by atoms with E-state index < -0.39 is 35.0 Å². The minimum absolute atomic E-state index is 0.0477. The normalized spacial score (nSPS) is 26.1. The lowest BCUT2D eigenvalue weighted by atomic mass is 9.51. The molecule has 4 aromatic carbocycles. The Bertz CT molecular complexity index is 2180. The second kappa shape index (κ2) is 13.8. The standard InChI is InChI=1S/C43H41N5O6/c1-43-35(40(51)48(42(43)53)29-9-5-4-6-10-29)25-34-31(38(43)32-11-7-8-12-36(32)54-24-23-49)21-22-33-37(34)41(52)47(39(33)50)30-19-15-27(16-20-30)45-44-26-13-17-28(18-14-26)46(2)3/h4-21,33-35,37-38,49H,22-25H2,1-3H3/t33-,34+,35-,37-,38+,43+/m0/s1. The van der Waals surface area contributed by atoms with Gasteiger partial charge >= 0.3 is 0 Å². The van der Waals surface area contributed by atoms with Crippen molar-refractivity contribution in [2.45, 2.75) is 25.7 Å². The van der Waals surface area contributed by atoms with Crippen molar-refractivity contribution in [3.8, 4) is 5.75 Å². The first-order valence-corrected chi connectivity index (χ1v) is 18.3. The Balaban J connectivity index is 1.13. The number of para-hydroxylation sites is 2. The van der Waals surface area contributed by atoms with Gasteiger partial charge in [-0.1, -0.05) is 48.0 Å². The van der Waals surface area contributed by atoms with Gasteiger partial charge in [-0.25, -0.2) is 4.90 Å². The fourth-order valence-corrected chi connectivity index (χ4v) is 9.04. The zero-order valence-corrected chi connectivity index (χ0v) is 30.3. The molecule has 8 rings (SSSR count). The van der Waals surface area contributed by atoms with Crippen molar-refractivity contribution in [1.29, 1.82) is 0 Å². The summed E-state index contributed by atoms with van der Waals surface area (Å²) in [7, 11) is 3.93. The highest BCUT2D eigenvalue weighted by molar-refractivity contribution is 6.25. The fourth-order valence-electron chi connectivity index (χ4n) is 9.04. The van der Waals surface area contributed by atoms with Crippen LogP contribution in [0.4, 0.5) is 28.4 Å². The van der Waals surface area contributed by atoms with Crippen molar-refractivity contribution >= 4 is 52.1 Å². The average Bonchev–Trinajstić information content (AvgIpc) is 3.56. The van der Waals surface area contributed by atoms with E-state index in [0.717, 1.165) is 11.3 Å². The second-order valence-corrected chi connectivity index (χ2v) is 14.7. The Morgan fingerprint density at radius 2 is 1.39 bits per heavy atom. The number of aliphatic hydroxyl groups is 1. The molecule has 0 radical (unpaired) electrons. The van der Waals surface area contributed by atoms with Gasteiger partial charge in [-0.15, -0.1) is 0 Å². The first-order chi connectivity index (χ1) is 26.1. The SMILES string of the molecule is CN(C)c1ccc(N=Nc2ccc(N3C(=O)[C@H]4[C@H](CC=C5[C@H]4C[C@H]4C(=O)N(c6ccccc6)C(=O)[C@@]4(C)[C@H]5c4ccccc4OCCO)C3=O)cc2)cc1. The average molecular weight is 724 g/mol. The van der Waals surface area contributed by atoms with E-state index in [9.17, 15) is 24.3 Å². The molecule has 4 aliphatic rings. The number of amides is 4. The van der Waals surface area contributed by atoms with Crippen LogP contribution in [0.1, 0.15) is 31.2 Å². The highest BCUT2D eigenvalue weighted by Crippen LogP contribution is 2.64. The van der Waals surface area contributed by atoms with E-state index in [-0.39, 0.29) is 43.3 Å². The van der Waals surface area contributed by atoms with Gasteiger partial charge in [0.1, 0.15) is 12.4 Å². The minimum atomic E-state index is -1.20. The molecule has 0 unspecified atom stereocenters. The molecule has 0 aromatic heterocycles. The number of rotatable bonds is 9. The number of carbonyl (C=O) groups excluding carboxylic acids is 4. The van der Waals surface area contributed by atoms with Gasteiger partial charge in [0, 0.05) is 31.3 Å². The molecule has 274 valence electrons. The quantitative estimate of drug-likeness (QED) is 0.112. The highest BCUT2D eigenvalue weighted by atomic mass is 16.5. The molecule has 2 heterocycles. The topological polar surface area (TPSA) is 132 Å². The molecular formula is C43H41N5O6. The molecule has 4 aromatic rings. The Kier molecular flexibility index (Phi) is 8.97. The van der Waals surface area contributed by atoms with Crippen LogP contribution in [0, 0.1) is 29.1 Å². The molecule has 2 aliphatic carbocycles. The molecule has 0 bridgehead atoms. The van der Waals surface area contributed by atoms with Crippen LogP contribution in [-0.4, -0.2) is 56.0 Å². The van der Waals surface area contributed by atoms with Crippen molar-refractivity contribution in [2.75, 3.05) is 42.0 Å². The lowest BCUT2D eigenvalue weighted by Crippen LogP contribution is -2.49. The third-order valence-corrected chi connectivity index (χ3v) is 11.6. The number of hydrogen-bond acceptors (Lipinski definition) is 9. The lowest BCUT2D eigenvalue weighted by molar-refractivity contribution is -0.131. The third kappa shape index (κ3) is 5.61. The van der Waals surface area contributed by atoms with Crippen LogP contribution in [0.5, 0.6) is 5.75 Å². The van der Waals surface area contributed by atoms with E-state index in [4.69, 9.17) is 4.74 Å². The van der Waals surface area contributed by atoms with Crippen molar-refractivity contribution < 1.29 is 29.0 Å². The summed E-state index contributed by atoms with van der Waals surface area (Å²) in [6, 6.07) is 30.8. The zero-order chi connectivity index (χ0) is 37.7. The predicted molar refractivity (Wildman–Crippen MR) is 204 cm³/mol. The summed E-state index contributed by atoms with van der Waals surface area (Å²) in [4.78, 5) is 62.4. The van der Waals surface area contributed by atoms with Gasteiger partial charge in [-0.3, -0.25) is 24.1 Å². The summed E-state index contributed by atoms with van der Waals surface area (Å²) >= 11 is 0. The highest BCUT2D eigenvalue weighted by Gasteiger charge is 2.68. The summed E-state index contributed by atoms with van der Waals surface area (Å²) in [6.45, 7) is 1.70. The van der Waals surface area contributed by atoms with E-state index in [2.05, 4.69) is 10.2 Å². The summed E-state index contributed by atoms with van der Waals surface area (Å²) in [5, 5.41) is 18.3. The number of imide groups is 2. The Hall–Kier alpha value is -5.94. The zero-order valence-electron chi connectivity index (χ0n) is 30.3. The number of fused-ring (bicyclic) bond motifs is 4. The Morgan fingerprint density at radius 3 is 2.06 bits per heavy atom. The fraction of sp³-hybridized carbons (Fsp3) is 0.302. The Morgan fingerprint density at radius 1 is 0.759 bits per heavy atom. The first kappa shape index (κ1) is 35.1. The summed E-state index contributed by atoms with van der Waals surface area (Å²) in [5.74, 6) is -3.92. The van der Waals surface area contributed by atoms with Crippen LogP contribution in [0.2, 0.25) is 0 Å². The summed E-state index contributed by atoms with van der Waals surface area (Å²) in [6.07, 6.45) is 2.58. The van der Waals surface area contributed by atoms with Gasteiger partial charge in [0.2, 0.25) is 23.6 Å². The van der Waals surface area contributed by atoms with Gasteiger partial charge in [-0.2, -0.15) is 10.2 Å². The first-order valence-electron chi connectivity index (χ1n) is 18.3. The maximum atomic E-state index is 14.7. The molecule has 6 atom stereocenters. The molecular weight excluding hydrogens is 683 g/mol. The maximum absolute atomic E-state index is 14.7. The number of allylic oxidation sites excluding steroid dienone is 2. The number of hydrogen-bond donors (Lipinski definition) is 1. The summed E-state index contributed by atoms with van der Waals surface area (Å²) in [5.41, 5.74) is 3.61. The molecule has 11 heteroatoms. The predicted octanol–water partition coefficient (Wildman–Crippen LogP) is 6.97. The van der Waals surface area contributed by atoms with Crippen LogP contribution in [0.15, 0.2) is 125 Å². The van der Waals surface area contributed by atoms with Crippen molar-refractivity contribution in [3.05, 3.63) is 120 Å². The number of anilines is 3. The molecule has 4 amide bonds. The van der Waals surface area contributed by atoms with Gasteiger partial charge in [0.15, 0.2) is 0 Å². The van der Waals surface area contributed by atoms with Gasteiger partial charge < -0.3 is 14.7 Å². The smallest absolute Gasteiger partial charge is 0.241 e. The van der Waals surface area contributed by atoms with Crippen molar-refractivity contribution in [3.63, 3.8) is 0 Å². The molecule has 1 saturated carbocycles. The number of azo groups is 1. The van der Waals surface area contributed by atoms with Crippen LogP contribution >= 0.6 is 0 Å². The third-order valence-electron chi connectivity index (χ3n) is 11.6. The van der Waals surface area contributed by atoms with Crippen molar-refractivity contribution in [1.82, 2.24) is 0 Å². The van der Waals surface area contributed by atoms with E-state index >= 15 is 0 Å². The monoisotopic (exact) mass is 723 g/mol. The number of aliphatic hydroxyl groups excluding tert-OH is 1. The maximum Gasteiger partial charge on any atom is 0.241 e. The van der Waals surface area contributed by atoms with E-state index in [1.165, 1.54) is 9.80 Å². The van der Waals surface area contributed by atoms with Gasteiger partial charge in [0.25, 0.3) is 0 Å². The van der Waals surface area contributed by atoms with Crippen LogP contribution in [-0.2, 0) is 19.2 Å². The van der Waals surface area contributed by atoms with Gasteiger partial charge in [0.05, 0.1) is 52.5 Å². The van der Waals surface area contributed by atoms with E-state index in [1.807, 2.05) is 80.5 Å². The van der Waals surface area contributed by atoms with Crippen LogP contribution in [0.25, 0.3) is 0 Å². The largest absolute Gasteiger partial charge is 0.491 e. The number of nitrogens with zero attached hydrogens (tertiary/aromatic N) is 5. The van der Waals surface area contributed by atoms with Crippen LogP contribution < -0.4 is 19.4 Å². The lowest BCUT2D eigenvalue weighted by Gasteiger charge is -2.49. The molecule has 0 spiro atoms. The molecule has 2 saturated heterocycles. The number of benzene rings is 4. The summed E-state index contributed by atoms with van der Waals surface area (Å²) < 4.78 is 6.02. The second-order valence-electron chi connectivity index (χ2n) is 14.7. The van der Waals surface area contributed by atoms with E-state index in [1.54, 1.807) is 54.6 Å². The van der Waals surface area contributed by atoms with Crippen molar-refractivity contribution in [2.24, 2.45) is 39.3 Å². The van der Waals surface area contributed by atoms with Gasteiger partial charge in [-0.05, 0) is 92.4 Å². The molecule has 1 N–H and O–H groups in total. The molecule has 11 nitrogen and oxygen atoms in total. The molecule has 54 heavy (non-hydrogen) atoms. The molecule has 2 aliphatic heterocycles.